The number of alkyl halides is 1. The predicted molar refractivity (Wildman–Crippen MR) is 149 cm³/mol. The Morgan fingerprint density at radius 3 is 2.69 bits per heavy atom. The van der Waals surface area contributed by atoms with E-state index in [0.717, 1.165) is 35.5 Å². The number of rotatable bonds is 10. The number of nitrogens with one attached hydrogen (secondary N) is 1. The SMILES string of the molecule is CNC[C@H](O)COc1ccc(Cl)c(-c2nc(C[C@H]3CCN(C4CC4)C[C@H]3F)c(C)c(-c3c(C)noc3C)n2)c1. The smallest absolute Gasteiger partial charge is 0.161 e. The Morgan fingerprint density at radius 2 is 2.03 bits per heavy atom. The molecule has 3 atom stereocenters. The Kier molecular flexibility index (Phi) is 8.52. The number of nitrogens with zero attached hydrogens (tertiary/aromatic N) is 4. The van der Waals surface area contributed by atoms with Crippen LogP contribution in [0.1, 0.15) is 42.0 Å². The average Bonchev–Trinajstić information content (AvgIpc) is 3.71. The van der Waals surface area contributed by atoms with Gasteiger partial charge in [0.05, 0.1) is 22.0 Å². The van der Waals surface area contributed by atoms with Gasteiger partial charge in [-0.05, 0) is 89.7 Å². The molecule has 0 radical (unpaired) electrons. The second-order valence-electron chi connectivity index (χ2n) is 10.8. The standard InChI is InChI=1S/C29H37ClFN5O3/c1-16-26(11-19-9-10-36(14-25(19)31)20-5-6-20)33-29(34-28(16)27-17(2)35-39-18(27)3)23-12-22(7-8-24(23)30)38-15-21(37)13-32-4/h7-8,12,19-21,25,32,37H,5-6,9-11,13-15H2,1-4H3/t19-,21+,25-/m1/s1. The van der Waals surface area contributed by atoms with Crippen LogP contribution in [0.2, 0.25) is 5.02 Å². The van der Waals surface area contributed by atoms with Crippen LogP contribution >= 0.6 is 11.6 Å². The first-order chi connectivity index (χ1) is 18.7. The summed E-state index contributed by atoms with van der Waals surface area (Å²) in [6.07, 6.45) is 2.14. The molecule has 3 aromatic rings. The second kappa shape index (κ2) is 11.9. The molecule has 8 nitrogen and oxygen atoms in total. The van der Waals surface area contributed by atoms with Gasteiger partial charge in [0.1, 0.15) is 30.4 Å². The molecule has 0 amide bonds. The number of aliphatic hydroxyl groups is 1. The number of hydrogen-bond donors (Lipinski definition) is 2. The number of benzene rings is 1. The van der Waals surface area contributed by atoms with Gasteiger partial charge >= 0.3 is 0 Å². The Hall–Kier alpha value is -2.59. The topological polar surface area (TPSA) is 96.5 Å². The van der Waals surface area contributed by atoms with Crippen molar-refractivity contribution in [2.24, 2.45) is 5.92 Å². The van der Waals surface area contributed by atoms with Crippen molar-refractivity contribution in [2.45, 2.75) is 64.8 Å². The molecule has 1 saturated carbocycles. The van der Waals surface area contributed by atoms with Gasteiger partial charge in [0.15, 0.2) is 5.82 Å². The van der Waals surface area contributed by atoms with E-state index in [2.05, 4.69) is 15.4 Å². The summed E-state index contributed by atoms with van der Waals surface area (Å²) in [4.78, 5) is 12.2. The molecular weight excluding hydrogens is 521 g/mol. The van der Waals surface area contributed by atoms with Crippen molar-refractivity contribution in [3.63, 3.8) is 0 Å². The number of likely N-dealkylation sites (tertiary alicyclic amines) is 1. The number of hydrogen-bond acceptors (Lipinski definition) is 8. The van der Waals surface area contributed by atoms with Crippen LogP contribution in [0, 0.1) is 26.7 Å². The summed E-state index contributed by atoms with van der Waals surface area (Å²) < 4.78 is 26.7. The van der Waals surface area contributed by atoms with Crippen molar-refractivity contribution >= 4 is 11.6 Å². The van der Waals surface area contributed by atoms with Crippen LogP contribution in [-0.4, -0.2) is 76.7 Å². The third-order valence-corrected chi connectivity index (χ3v) is 8.13. The first-order valence-electron chi connectivity index (χ1n) is 13.7. The summed E-state index contributed by atoms with van der Waals surface area (Å²) in [7, 11) is 1.77. The molecular formula is C29H37ClFN5O3. The van der Waals surface area contributed by atoms with E-state index in [1.807, 2.05) is 20.8 Å². The molecule has 3 heterocycles. The fraction of sp³-hybridized carbons (Fsp3) is 0.552. The van der Waals surface area contributed by atoms with E-state index in [4.69, 9.17) is 30.8 Å². The first-order valence-corrected chi connectivity index (χ1v) is 14.1. The number of aryl methyl sites for hydroxylation is 2. The van der Waals surface area contributed by atoms with Crippen LogP contribution in [0.5, 0.6) is 5.75 Å². The Labute approximate surface area is 233 Å². The molecule has 0 bridgehead atoms. The number of aromatic nitrogens is 3. The van der Waals surface area contributed by atoms with Crippen LogP contribution in [0.15, 0.2) is 22.7 Å². The fourth-order valence-electron chi connectivity index (χ4n) is 5.43. The molecule has 10 heteroatoms. The Balaban J connectivity index is 1.50. The van der Waals surface area contributed by atoms with Gasteiger partial charge in [-0.2, -0.15) is 0 Å². The zero-order chi connectivity index (χ0) is 27.7. The Morgan fingerprint density at radius 1 is 1.23 bits per heavy atom. The number of likely N-dealkylation sites (N-methyl/N-ethyl adjacent to an activating group) is 1. The van der Waals surface area contributed by atoms with Gasteiger partial charge in [-0.3, -0.25) is 4.90 Å². The van der Waals surface area contributed by atoms with E-state index in [-0.39, 0.29) is 12.5 Å². The molecule has 1 saturated heterocycles. The van der Waals surface area contributed by atoms with Gasteiger partial charge in [-0.15, -0.1) is 0 Å². The van der Waals surface area contributed by atoms with Crippen LogP contribution in [0.4, 0.5) is 4.39 Å². The van der Waals surface area contributed by atoms with Crippen molar-refractivity contribution in [2.75, 3.05) is 33.3 Å². The predicted octanol–water partition coefficient (Wildman–Crippen LogP) is 4.70. The van der Waals surface area contributed by atoms with E-state index < -0.39 is 12.3 Å². The average molecular weight is 558 g/mol. The van der Waals surface area contributed by atoms with Gasteiger partial charge in [0.25, 0.3) is 0 Å². The maximum atomic E-state index is 15.4. The normalized spacial score (nSPS) is 20.8. The van der Waals surface area contributed by atoms with Crippen LogP contribution in [0.25, 0.3) is 22.6 Å². The fourth-order valence-corrected chi connectivity index (χ4v) is 5.63. The molecule has 39 heavy (non-hydrogen) atoms. The molecule has 1 aromatic carbocycles. The quantitative estimate of drug-likeness (QED) is 0.370. The maximum Gasteiger partial charge on any atom is 0.161 e. The van der Waals surface area contributed by atoms with Crippen molar-refractivity contribution in [1.29, 1.82) is 0 Å². The largest absolute Gasteiger partial charge is 0.491 e. The van der Waals surface area contributed by atoms with Crippen molar-refractivity contribution < 1.29 is 18.8 Å². The lowest BCUT2D eigenvalue weighted by molar-refractivity contribution is 0.0792. The molecule has 1 aliphatic carbocycles. The van der Waals surface area contributed by atoms with Crippen molar-refractivity contribution in [3.8, 4) is 28.4 Å². The number of aliphatic hydroxyl groups excluding tert-OH is 1. The minimum Gasteiger partial charge on any atom is -0.491 e. The molecule has 2 aromatic heterocycles. The van der Waals surface area contributed by atoms with Crippen LogP contribution < -0.4 is 10.1 Å². The lowest BCUT2D eigenvalue weighted by Crippen LogP contribution is -2.43. The number of halogens is 2. The molecule has 5 rings (SSSR count). The van der Waals surface area contributed by atoms with E-state index in [1.165, 1.54) is 12.8 Å². The highest BCUT2D eigenvalue weighted by atomic mass is 35.5. The third-order valence-electron chi connectivity index (χ3n) is 7.80. The summed E-state index contributed by atoms with van der Waals surface area (Å²) in [5, 5.41) is 17.6. The van der Waals surface area contributed by atoms with Gasteiger partial charge in [0, 0.05) is 30.4 Å². The summed E-state index contributed by atoms with van der Waals surface area (Å²) >= 11 is 6.65. The van der Waals surface area contributed by atoms with Gasteiger partial charge in [-0.1, -0.05) is 16.8 Å². The third kappa shape index (κ3) is 6.27. The summed E-state index contributed by atoms with van der Waals surface area (Å²) in [6, 6.07) is 5.84. The van der Waals surface area contributed by atoms with E-state index in [0.29, 0.717) is 59.2 Å². The molecule has 0 unspecified atom stereocenters. The minimum absolute atomic E-state index is 0.113. The van der Waals surface area contributed by atoms with E-state index in [9.17, 15) is 5.11 Å². The molecule has 2 fully saturated rings. The summed E-state index contributed by atoms with van der Waals surface area (Å²) in [5.41, 5.74) is 4.55. The molecule has 1 aliphatic heterocycles. The Bertz CT molecular complexity index is 1290. The molecule has 210 valence electrons. The zero-order valence-corrected chi connectivity index (χ0v) is 23.8. The summed E-state index contributed by atoms with van der Waals surface area (Å²) in [5.74, 6) is 1.53. The minimum atomic E-state index is -0.899. The van der Waals surface area contributed by atoms with Gasteiger partial charge in [0.2, 0.25) is 0 Å². The number of ether oxygens (including phenoxy) is 1. The highest BCUT2D eigenvalue weighted by Crippen LogP contribution is 2.37. The van der Waals surface area contributed by atoms with Crippen molar-refractivity contribution in [3.05, 3.63) is 45.9 Å². The van der Waals surface area contributed by atoms with Crippen molar-refractivity contribution in [1.82, 2.24) is 25.3 Å². The van der Waals surface area contributed by atoms with Crippen LogP contribution in [0.3, 0.4) is 0 Å². The molecule has 0 spiro atoms. The van der Waals surface area contributed by atoms with E-state index in [1.54, 1.807) is 25.2 Å². The highest BCUT2D eigenvalue weighted by molar-refractivity contribution is 6.33. The first kappa shape index (κ1) is 28.0. The van der Waals surface area contributed by atoms with E-state index >= 15 is 4.39 Å². The number of piperidine rings is 1. The lowest BCUT2D eigenvalue weighted by Gasteiger charge is -2.35. The second-order valence-corrected chi connectivity index (χ2v) is 11.2. The highest BCUT2D eigenvalue weighted by Gasteiger charge is 2.37. The molecule has 2 N–H and O–H groups in total. The van der Waals surface area contributed by atoms with Crippen LogP contribution in [-0.2, 0) is 6.42 Å². The van der Waals surface area contributed by atoms with Gasteiger partial charge < -0.3 is 19.7 Å². The zero-order valence-electron chi connectivity index (χ0n) is 23.0. The lowest BCUT2D eigenvalue weighted by atomic mass is 9.88. The monoisotopic (exact) mass is 557 g/mol. The maximum absolute atomic E-state index is 15.4. The van der Waals surface area contributed by atoms with Gasteiger partial charge in [-0.25, -0.2) is 14.4 Å². The molecule has 2 aliphatic rings. The summed E-state index contributed by atoms with van der Waals surface area (Å²) in [6.45, 7) is 7.69.